The first kappa shape index (κ1) is 43.1. The van der Waals surface area contributed by atoms with Crippen LogP contribution in [-0.4, -0.2) is 90.0 Å². The predicted octanol–water partition coefficient (Wildman–Crippen LogP) is 2.06. The van der Waals surface area contributed by atoms with Crippen LogP contribution in [0.5, 0.6) is 11.5 Å². The quantitative estimate of drug-likeness (QED) is 0.0473. The number of benzene rings is 3. The first-order chi connectivity index (χ1) is 28.3. The normalized spacial score (nSPS) is 13.7. The van der Waals surface area contributed by atoms with E-state index >= 15 is 0 Å². The Morgan fingerprint density at radius 1 is 0.746 bits per heavy atom. The smallest absolute Gasteiger partial charge is 0.326 e. The van der Waals surface area contributed by atoms with Gasteiger partial charge in [0.2, 0.25) is 17.7 Å². The molecule has 0 spiro atoms. The van der Waals surface area contributed by atoms with E-state index in [1.165, 1.54) is 36.4 Å². The number of hydrogen-bond acceptors (Lipinski definition) is 12. The molecule has 0 bridgehead atoms. The second-order valence-electron chi connectivity index (χ2n) is 14.0. The van der Waals surface area contributed by atoms with Crippen LogP contribution in [0.2, 0.25) is 0 Å². The van der Waals surface area contributed by atoms with Gasteiger partial charge in [-0.2, -0.15) is 4.98 Å². The lowest BCUT2D eigenvalue weighted by Gasteiger charge is -2.25. The third-order valence-corrected chi connectivity index (χ3v) is 9.45. The van der Waals surface area contributed by atoms with Crippen molar-refractivity contribution in [3.05, 3.63) is 107 Å². The Hall–Kier alpha value is -6.99. The van der Waals surface area contributed by atoms with Crippen LogP contribution in [-0.2, 0) is 38.4 Å². The van der Waals surface area contributed by atoms with E-state index in [2.05, 4.69) is 36.4 Å². The number of para-hydroxylation sites is 1. The number of carbonyl (C=O) groups is 5. The maximum Gasteiger partial charge on any atom is 0.326 e. The van der Waals surface area contributed by atoms with Crippen molar-refractivity contribution in [3.8, 4) is 11.5 Å². The summed E-state index contributed by atoms with van der Waals surface area (Å²) in [5, 5.41) is 53.9. The number of phenolic OH excluding ortho intramolecular Hbond substituents is 2. The van der Waals surface area contributed by atoms with Crippen LogP contribution in [0.4, 0.5) is 4.79 Å². The van der Waals surface area contributed by atoms with Gasteiger partial charge in [-0.25, -0.2) is 9.59 Å². The van der Waals surface area contributed by atoms with Gasteiger partial charge in [-0.1, -0.05) is 47.6 Å². The van der Waals surface area contributed by atoms with Crippen molar-refractivity contribution >= 4 is 40.7 Å². The lowest BCUT2D eigenvalue weighted by Crippen LogP contribution is -2.58. The van der Waals surface area contributed by atoms with Crippen LogP contribution in [0.1, 0.15) is 66.2 Å². The number of unbranched alkanes of at least 4 members (excludes halogenated alkanes) is 1. The molecule has 2 aromatic heterocycles. The first-order valence-electron chi connectivity index (χ1n) is 18.8. The van der Waals surface area contributed by atoms with E-state index in [4.69, 9.17) is 16.0 Å². The van der Waals surface area contributed by atoms with Crippen LogP contribution in [0.15, 0.2) is 83.5 Å². The Bertz CT molecular complexity index is 2210. The second kappa shape index (κ2) is 20.4. The molecule has 0 aliphatic carbocycles. The van der Waals surface area contributed by atoms with Crippen LogP contribution in [0.3, 0.4) is 0 Å². The zero-order valence-electron chi connectivity index (χ0n) is 31.8. The van der Waals surface area contributed by atoms with Crippen LogP contribution in [0.25, 0.3) is 10.9 Å². The fourth-order valence-corrected chi connectivity index (χ4v) is 6.35. The molecule has 0 aliphatic rings. The second-order valence-corrected chi connectivity index (χ2v) is 14.0. The Morgan fingerprint density at radius 2 is 1.37 bits per heavy atom. The molecule has 19 heteroatoms. The molecule has 0 saturated heterocycles. The van der Waals surface area contributed by atoms with Gasteiger partial charge in [-0.3, -0.25) is 14.4 Å². The summed E-state index contributed by atoms with van der Waals surface area (Å²) in [5.41, 5.74) is 14.7. The zero-order valence-corrected chi connectivity index (χ0v) is 31.8. The number of aromatic amines is 1. The number of nitrogens with two attached hydrogens (primary N) is 2. The van der Waals surface area contributed by atoms with E-state index in [-0.39, 0.29) is 36.1 Å². The molecule has 3 aromatic carbocycles. The van der Waals surface area contributed by atoms with Crippen molar-refractivity contribution in [3.63, 3.8) is 0 Å². The first-order valence-corrected chi connectivity index (χ1v) is 18.8. The summed E-state index contributed by atoms with van der Waals surface area (Å²) in [5.74, 6) is -4.64. The molecule has 59 heavy (non-hydrogen) atoms. The molecule has 0 aliphatic heterocycles. The number of carbonyl (C=O) groups excluding carboxylic acids is 3. The molecular weight excluding hydrogens is 766 g/mol. The summed E-state index contributed by atoms with van der Waals surface area (Å²) in [7, 11) is 0. The standard InChI is InChI=1S/C40H47N9O10/c41-16-4-3-7-30(38-48-35(49-59-38)28(42)17-22-8-12-25(50)13-9-22)46-40(58)47-31(18-23-10-14-26(51)15-11-23)36(54)44-32(20-34(52)53)37(55)45-33(39(56)57)19-24-21-43-29-6-2-1-5-27(24)29/h1-2,5-6,8-15,21,28,30-33,43,50-51H,3-4,7,16-20,41-42H2,(H,44,54)(H,45,55)(H,52,53)(H,56,57)(H2,46,47,58)/t28-,30-,31-,32-,33-/m0/s1. The third-order valence-electron chi connectivity index (χ3n) is 9.45. The average Bonchev–Trinajstić information content (AvgIpc) is 3.86. The number of fused-ring (bicyclic) bond motifs is 1. The van der Waals surface area contributed by atoms with E-state index in [0.29, 0.717) is 43.4 Å². The summed E-state index contributed by atoms with van der Waals surface area (Å²) in [6.07, 6.45) is 2.15. The van der Waals surface area contributed by atoms with E-state index < -0.39 is 66.4 Å². The molecule has 13 N–H and O–H groups in total. The van der Waals surface area contributed by atoms with Crippen LogP contribution in [0, 0.1) is 0 Å². The molecule has 4 amide bonds. The molecule has 0 radical (unpaired) electrons. The Balaban J connectivity index is 1.32. The number of urea groups is 1. The average molecular weight is 814 g/mol. The number of nitrogens with one attached hydrogen (secondary N) is 5. The number of nitrogens with zero attached hydrogens (tertiary/aromatic N) is 2. The van der Waals surface area contributed by atoms with E-state index in [9.17, 15) is 44.4 Å². The van der Waals surface area contributed by atoms with Gasteiger partial charge in [-0.05, 0) is 79.3 Å². The van der Waals surface area contributed by atoms with Crippen molar-refractivity contribution in [2.75, 3.05) is 6.54 Å². The Kier molecular flexibility index (Phi) is 14.9. The van der Waals surface area contributed by atoms with Crippen molar-refractivity contribution < 1.29 is 48.9 Å². The molecule has 5 rings (SSSR count). The molecule has 312 valence electrons. The summed E-state index contributed by atoms with van der Waals surface area (Å²) in [6.45, 7) is 0.377. The van der Waals surface area contributed by atoms with E-state index in [1.807, 2.05) is 0 Å². The highest BCUT2D eigenvalue weighted by Gasteiger charge is 2.32. The minimum atomic E-state index is -1.75. The minimum Gasteiger partial charge on any atom is -0.508 e. The van der Waals surface area contributed by atoms with Crippen molar-refractivity contribution in [1.82, 2.24) is 36.4 Å². The molecule has 19 nitrogen and oxygen atoms in total. The van der Waals surface area contributed by atoms with E-state index in [0.717, 1.165) is 16.5 Å². The molecular formula is C40H47N9O10. The molecule has 0 saturated carbocycles. The van der Waals surface area contributed by atoms with Gasteiger partial charge in [0.1, 0.15) is 35.7 Å². The van der Waals surface area contributed by atoms with E-state index in [1.54, 1.807) is 42.6 Å². The number of aliphatic carboxylic acids is 2. The SMILES string of the molecule is NCCCC[C@H](NC(=O)N[C@@H](Cc1ccc(O)cc1)C(=O)N[C@@H](CC(=O)O)C(=O)N[C@@H](Cc1c[nH]c2ccccc12)C(=O)O)c1nc([C@@H](N)Cc2ccc(O)cc2)no1. The highest BCUT2D eigenvalue weighted by atomic mass is 16.5. The Morgan fingerprint density at radius 3 is 2.02 bits per heavy atom. The fraction of sp³-hybridized carbons (Fsp3) is 0.325. The molecule has 5 aromatic rings. The lowest BCUT2D eigenvalue weighted by molar-refractivity contribution is -0.143. The fourth-order valence-electron chi connectivity index (χ4n) is 6.35. The number of H-pyrrole nitrogens is 1. The number of phenols is 2. The number of aromatic hydroxyl groups is 2. The maximum atomic E-state index is 13.9. The number of aromatic nitrogens is 3. The van der Waals surface area contributed by atoms with Crippen molar-refractivity contribution in [2.24, 2.45) is 11.5 Å². The zero-order chi connectivity index (χ0) is 42.5. The predicted molar refractivity (Wildman–Crippen MR) is 212 cm³/mol. The molecule has 2 heterocycles. The summed E-state index contributed by atoms with van der Waals surface area (Å²) in [4.78, 5) is 72.7. The van der Waals surface area contributed by atoms with Gasteiger partial charge in [0.05, 0.1) is 12.5 Å². The van der Waals surface area contributed by atoms with Gasteiger partial charge >= 0.3 is 18.0 Å². The summed E-state index contributed by atoms with van der Waals surface area (Å²) < 4.78 is 5.51. The molecule has 0 fully saturated rings. The third kappa shape index (κ3) is 12.5. The minimum absolute atomic E-state index is 0.0340. The van der Waals surface area contributed by atoms with Gasteiger partial charge in [-0.15, -0.1) is 0 Å². The topological polar surface area (TPSA) is 321 Å². The van der Waals surface area contributed by atoms with Gasteiger partial charge < -0.3 is 62.7 Å². The Labute approximate surface area is 337 Å². The van der Waals surface area contributed by atoms with Crippen molar-refractivity contribution in [2.45, 2.75) is 75.2 Å². The number of carboxylic acid groups (broad SMARTS) is 2. The molecule has 5 atom stereocenters. The highest BCUT2D eigenvalue weighted by molar-refractivity contribution is 5.95. The number of hydrogen-bond donors (Lipinski definition) is 11. The van der Waals surface area contributed by atoms with Gasteiger partial charge in [0.15, 0.2) is 5.82 Å². The molecule has 0 unspecified atom stereocenters. The lowest BCUT2D eigenvalue weighted by atomic mass is 10.0. The number of carboxylic acids is 2. The summed E-state index contributed by atoms with van der Waals surface area (Å²) in [6, 6.07) is 12.3. The number of rotatable bonds is 21. The van der Waals surface area contributed by atoms with Gasteiger partial charge in [0, 0.05) is 29.9 Å². The summed E-state index contributed by atoms with van der Waals surface area (Å²) >= 11 is 0. The number of amides is 4. The van der Waals surface area contributed by atoms with Crippen LogP contribution < -0.4 is 32.7 Å². The van der Waals surface area contributed by atoms with Crippen molar-refractivity contribution in [1.29, 1.82) is 0 Å². The monoisotopic (exact) mass is 813 g/mol. The largest absolute Gasteiger partial charge is 0.508 e. The highest BCUT2D eigenvalue weighted by Crippen LogP contribution is 2.23. The maximum absolute atomic E-state index is 13.9. The van der Waals surface area contributed by atoms with Crippen LogP contribution >= 0.6 is 0 Å². The van der Waals surface area contributed by atoms with Gasteiger partial charge in [0.25, 0.3) is 0 Å².